The van der Waals surface area contributed by atoms with Gasteiger partial charge >= 0.3 is 0 Å². The normalized spacial score (nSPS) is 13.5. The zero-order valence-electron chi connectivity index (χ0n) is 10.2. The van der Waals surface area contributed by atoms with Crippen LogP contribution in [0.5, 0.6) is 0 Å². The third kappa shape index (κ3) is 7.65. The van der Waals surface area contributed by atoms with Crippen molar-refractivity contribution in [2.45, 2.75) is 33.7 Å². The van der Waals surface area contributed by atoms with E-state index >= 15 is 0 Å². The number of rotatable bonds is 9. The summed E-state index contributed by atoms with van der Waals surface area (Å²) in [6, 6.07) is 0.618. The van der Waals surface area contributed by atoms with Gasteiger partial charge in [-0.05, 0) is 25.8 Å². The fourth-order valence-electron chi connectivity index (χ4n) is 1.46. The number of nitrogens with one attached hydrogen (secondary N) is 1. The van der Waals surface area contributed by atoms with E-state index < -0.39 is 0 Å². The first-order valence-corrected chi connectivity index (χ1v) is 6.93. The minimum atomic E-state index is 0.618. The number of likely N-dealkylation sites (N-methyl/N-ethyl adjacent to an activating group) is 1. The largest absolute Gasteiger partial charge is 0.312 e. The van der Waals surface area contributed by atoms with E-state index in [0.29, 0.717) is 6.04 Å². The van der Waals surface area contributed by atoms with Crippen molar-refractivity contribution >= 4 is 11.8 Å². The summed E-state index contributed by atoms with van der Waals surface area (Å²) in [4.78, 5) is 2.46. The predicted octanol–water partition coefficient (Wildman–Crippen LogP) is 2.06. The Hall–Kier alpha value is 0.270. The Balaban J connectivity index is 3.38. The molecule has 0 rings (SSSR count). The molecule has 86 valence electrons. The lowest BCUT2D eigenvalue weighted by molar-refractivity contribution is 0.273. The molecule has 0 aromatic carbocycles. The molecule has 0 aliphatic rings. The molecule has 1 atom stereocenters. The first kappa shape index (κ1) is 14.3. The Morgan fingerprint density at radius 3 is 2.36 bits per heavy atom. The molecule has 0 spiro atoms. The lowest BCUT2D eigenvalue weighted by atomic mass is 10.3. The van der Waals surface area contributed by atoms with E-state index in [0.717, 1.165) is 19.6 Å². The molecule has 0 bridgehead atoms. The topological polar surface area (TPSA) is 15.3 Å². The summed E-state index contributed by atoms with van der Waals surface area (Å²) in [5.74, 6) is 2.46. The van der Waals surface area contributed by atoms with Gasteiger partial charge in [0.25, 0.3) is 0 Å². The molecule has 0 aliphatic heterocycles. The third-order valence-electron chi connectivity index (χ3n) is 2.37. The molecular weight excluding hydrogens is 192 g/mol. The van der Waals surface area contributed by atoms with E-state index in [1.165, 1.54) is 18.1 Å². The van der Waals surface area contributed by atoms with Crippen LogP contribution in [0, 0.1) is 0 Å². The molecule has 0 amide bonds. The highest BCUT2D eigenvalue weighted by Gasteiger charge is 2.05. The second-order valence-electron chi connectivity index (χ2n) is 3.54. The fraction of sp³-hybridized carbons (Fsp3) is 1.00. The molecule has 2 nitrogen and oxygen atoms in total. The summed E-state index contributed by atoms with van der Waals surface area (Å²) in [6.07, 6.45) is 0. The van der Waals surface area contributed by atoms with Crippen molar-refractivity contribution in [2.75, 3.05) is 37.7 Å². The zero-order valence-corrected chi connectivity index (χ0v) is 11.0. The van der Waals surface area contributed by atoms with Gasteiger partial charge < -0.3 is 10.2 Å². The third-order valence-corrected chi connectivity index (χ3v) is 3.27. The van der Waals surface area contributed by atoms with Crippen molar-refractivity contribution in [3.8, 4) is 0 Å². The van der Waals surface area contributed by atoms with Crippen LogP contribution in [0.15, 0.2) is 0 Å². The van der Waals surface area contributed by atoms with Crippen molar-refractivity contribution in [3.63, 3.8) is 0 Å². The van der Waals surface area contributed by atoms with E-state index in [1.807, 2.05) is 11.8 Å². The SMILES string of the molecule is CCSCCNC(C)CN(CC)CC. The van der Waals surface area contributed by atoms with Gasteiger partial charge in [-0.15, -0.1) is 0 Å². The van der Waals surface area contributed by atoms with Crippen molar-refractivity contribution in [1.82, 2.24) is 10.2 Å². The van der Waals surface area contributed by atoms with Crippen LogP contribution in [0.4, 0.5) is 0 Å². The molecule has 3 heteroatoms. The number of hydrogen-bond acceptors (Lipinski definition) is 3. The molecule has 0 saturated heterocycles. The maximum atomic E-state index is 3.55. The van der Waals surface area contributed by atoms with Crippen LogP contribution < -0.4 is 5.32 Å². The predicted molar refractivity (Wildman–Crippen MR) is 68.3 cm³/mol. The van der Waals surface area contributed by atoms with Gasteiger partial charge in [0.2, 0.25) is 0 Å². The summed E-state index contributed by atoms with van der Waals surface area (Å²) in [5, 5.41) is 3.55. The maximum Gasteiger partial charge on any atom is 0.0167 e. The lowest BCUT2D eigenvalue weighted by Crippen LogP contribution is -2.39. The second-order valence-corrected chi connectivity index (χ2v) is 4.93. The van der Waals surface area contributed by atoms with Crippen LogP contribution in [0.25, 0.3) is 0 Å². The summed E-state index contributed by atoms with van der Waals surface area (Å²) in [7, 11) is 0. The van der Waals surface area contributed by atoms with Crippen LogP contribution in [0.1, 0.15) is 27.7 Å². The average Bonchev–Trinajstić information content (AvgIpc) is 2.21. The van der Waals surface area contributed by atoms with Crippen molar-refractivity contribution in [1.29, 1.82) is 0 Å². The van der Waals surface area contributed by atoms with E-state index in [4.69, 9.17) is 0 Å². The first-order chi connectivity index (χ1) is 6.74. The number of thioether (sulfide) groups is 1. The minimum absolute atomic E-state index is 0.618. The monoisotopic (exact) mass is 218 g/mol. The summed E-state index contributed by atoms with van der Waals surface area (Å²) >= 11 is 2.00. The van der Waals surface area contributed by atoms with Crippen molar-refractivity contribution < 1.29 is 0 Å². The van der Waals surface area contributed by atoms with Gasteiger partial charge in [0.1, 0.15) is 0 Å². The second kappa shape index (κ2) is 9.81. The minimum Gasteiger partial charge on any atom is -0.312 e. The first-order valence-electron chi connectivity index (χ1n) is 5.78. The van der Waals surface area contributed by atoms with Crippen molar-refractivity contribution in [3.05, 3.63) is 0 Å². The highest BCUT2D eigenvalue weighted by Crippen LogP contribution is 1.96. The molecule has 0 radical (unpaired) electrons. The molecular formula is C11H26N2S. The Morgan fingerprint density at radius 2 is 1.86 bits per heavy atom. The van der Waals surface area contributed by atoms with Gasteiger partial charge in [-0.1, -0.05) is 20.8 Å². The van der Waals surface area contributed by atoms with Gasteiger partial charge in [0.15, 0.2) is 0 Å². The van der Waals surface area contributed by atoms with E-state index in [-0.39, 0.29) is 0 Å². The Morgan fingerprint density at radius 1 is 1.21 bits per heavy atom. The maximum absolute atomic E-state index is 3.55. The lowest BCUT2D eigenvalue weighted by Gasteiger charge is -2.23. The van der Waals surface area contributed by atoms with Gasteiger partial charge in [0.05, 0.1) is 0 Å². The Labute approximate surface area is 93.8 Å². The highest BCUT2D eigenvalue weighted by molar-refractivity contribution is 7.99. The molecule has 0 aromatic heterocycles. The van der Waals surface area contributed by atoms with E-state index in [9.17, 15) is 0 Å². The highest BCUT2D eigenvalue weighted by atomic mass is 32.2. The van der Waals surface area contributed by atoms with Gasteiger partial charge in [0, 0.05) is 24.9 Å². The van der Waals surface area contributed by atoms with Crippen LogP contribution in [-0.4, -0.2) is 48.6 Å². The molecule has 1 N–H and O–H groups in total. The van der Waals surface area contributed by atoms with Gasteiger partial charge in [-0.2, -0.15) is 11.8 Å². The van der Waals surface area contributed by atoms with Crippen LogP contribution in [0.3, 0.4) is 0 Å². The molecule has 0 fully saturated rings. The molecule has 0 aromatic rings. The summed E-state index contributed by atoms with van der Waals surface area (Å²) in [6.45, 7) is 13.6. The van der Waals surface area contributed by atoms with Gasteiger partial charge in [-0.25, -0.2) is 0 Å². The van der Waals surface area contributed by atoms with Crippen LogP contribution >= 0.6 is 11.8 Å². The Kier molecular flexibility index (Phi) is 10.0. The number of hydrogen-bond donors (Lipinski definition) is 1. The molecule has 14 heavy (non-hydrogen) atoms. The molecule has 1 unspecified atom stereocenters. The van der Waals surface area contributed by atoms with Crippen LogP contribution in [0.2, 0.25) is 0 Å². The van der Waals surface area contributed by atoms with E-state index in [1.54, 1.807) is 0 Å². The summed E-state index contributed by atoms with van der Waals surface area (Å²) in [5.41, 5.74) is 0. The average molecular weight is 218 g/mol. The smallest absolute Gasteiger partial charge is 0.0167 e. The van der Waals surface area contributed by atoms with E-state index in [2.05, 4.69) is 37.9 Å². The van der Waals surface area contributed by atoms with Crippen molar-refractivity contribution in [2.24, 2.45) is 0 Å². The standard InChI is InChI=1S/C11H26N2S/c1-5-13(6-2)10-11(4)12-8-9-14-7-3/h11-12H,5-10H2,1-4H3. The molecule has 0 saturated carbocycles. The Bertz CT molecular complexity index is 116. The molecule has 0 aliphatic carbocycles. The quantitative estimate of drug-likeness (QED) is 0.596. The number of nitrogens with zero attached hydrogens (tertiary/aromatic N) is 1. The zero-order chi connectivity index (χ0) is 10.8. The summed E-state index contributed by atoms with van der Waals surface area (Å²) < 4.78 is 0. The van der Waals surface area contributed by atoms with Crippen LogP contribution in [-0.2, 0) is 0 Å². The fourth-order valence-corrected chi connectivity index (χ4v) is 2.01. The molecule has 0 heterocycles. The van der Waals surface area contributed by atoms with Gasteiger partial charge in [-0.3, -0.25) is 0 Å².